The number of methoxy groups -OCH3 is 1. The molecule has 118 valence electrons. The maximum Gasteiger partial charge on any atom is 0.326 e. The van der Waals surface area contributed by atoms with Gasteiger partial charge in [-0.2, -0.15) is 0 Å². The van der Waals surface area contributed by atoms with Gasteiger partial charge in [0.2, 0.25) is 5.91 Å². The molecule has 1 rings (SSSR count). The normalized spacial score (nSPS) is 12.4. The summed E-state index contributed by atoms with van der Waals surface area (Å²) in [6, 6.07) is 6.60. The van der Waals surface area contributed by atoms with E-state index in [-0.39, 0.29) is 11.8 Å². The van der Waals surface area contributed by atoms with Crippen LogP contribution in [0.25, 0.3) is 0 Å². The first-order valence-electron chi connectivity index (χ1n) is 6.61. The first-order chi connectivity index (χ1) is 9.83. The highest BCUT2D eigenvalue weighted by Gasteiger charge is 2.23. The van der Waals surface area contributed by atoms with Crippen molar-refractivity contribution in [1.29, 1.82) is 0 Å². The molecule has 1 aromatic carbocycles. The average Bonchev–Trinajstić information content (AvgIpc) is 2.44. The zero-order valence-corrected chi connectivity index (χ0v) is 13.5. The Balaban J connectivity index is 0.000000394. The lowest BCUT2D eigenvalue weighted by Gasteiger charge is -2.18. The molecule has 2 N–H and O–H groups in total. The third-order valence-corrected chi connectivity index (χ3v) is 3.21. The molecule has 21 heavy (non-hydrogen) atoms. The molecule has 0 aliphatic heterocycles. The molecule has 0 spiro atoms. The van der Waals surface area contributed by atoms with E-state index in [1.54, 1.807) is 20.1 Å². The monoisotopic (exact) mass is 315 g/mol. The number of carboxylic acid groups (broad SMARTS) is 1. The Kier molecular flexibility index (Phi) is 9.21. The van der Waals surface area contributed by atoms with Crippen LogP contribution >= 0.6 is 11.6 Å². The van der Waals surface area contributed by atoms with Crippen molar-refractivity contribution in [3.05, 3.63) is 29.3 Å². The average molecular weight is 316 g/mol. The van der Waals surface area contributed by atoms with Crippen LogP contribution in [-0.4, -0.2) is 30.1 Å². The van der Waals surface area contributed by atoms with Gasteiger partial charge in [0.25, 0.3) is 0 Å². The van der Waals surface area contributed by atoms with Crippen molar-refractivity contribution >= 4 is 23.5 Å². The van der Waals surface area contributed by atoms with E-state index in [2.05, 4.69) is 5.32 Å². The summed E-state index contributed by atoms with van der Waals surface area (Å²) in [6.07, 6.45) is 0.733. The Morgan fingerprint density at radius 2 is 1.95 bits per heavy atom. The summed E-state index contributed by atoms with van der Waals surface area (Å²) in [7, 11) is 1.60. The summed E-state index contributed by atoms with van der Waals surface area (Å²) in [6.45, 7) is 5.01. The van der Waals surface area contributed by atoms with Crippen LogP contribution in [0.15, 0.2) is 24.3 Å². The molecule has 1 amide bonds. The SMILES string of the molecule is CCC(C)C(NC(C)=O)C(=O)O.COc1ccccc1Cl. The van der Waals surface area contributed by atoms with Gasteiger partial charge in [-0.05, 0) is 18.1 Å². The topological polar surface area (TPSA) is 75.6 Å². The number of hydrogen-bond donors (Lipinski definition) is 2. The van der Waals surface area contributed by atoms with Crippen LogP contribution in [0.1, 0.15) is 27.2 Å². The molecule has 0 aromatic heterocycles. The fraction of sp³-hybridized carbons (Fsp3) is 0.467. The van der Waals surface area contributed by atoms with Crippen molar-refractivity contribution in [1.82, 2.24) is 5.32 Å². The van der Waals surface area contributed by atoms with E-state index in [9.17, 15) is 9.59 Å². The standard InChI is InChI=1S/C8H15NO3.C7H7ClO/c1-4-5(2)7(8(11)12)9-6(3)10;1-9-7-5-3-2-4-6(7)8/h5,7H,4H2,1-3H3,(H,9,10)(H,11,12);2-5H,1H3. The number of nitrogens with one attached hydrogen (secondary N) is 1. The molecule has 2 unspecified atom stereocenters. The number of carboxylic acids is 1. The van der Waals surface area contributed by atoms with Crippen LogP contribution in [0, 0.1) is 5.92 Å². The number of benzene rings is 1. The van der Waals surface area contributed by atoms with Crippen LogP contribution in [0.3, 0.4) is 0 Å². The number of hydrogen-bond acceptors (Lipinski definition) is 3. The minimum absolute atomic E-state index is 0.0357. The molecule has 6 heteroatoms. The molecule has 0 radical (unpaired) electrons. The number of carbonyl (C=O) groups excluding carboxylic acids is 1. The van der Waals surface area contributed by atoms with E-state index in [1.165, 1.54) is 6.92 Å². The summed E-state index contributed by atoms with van der Waals surface area (Å²) >= 11 is 5.70. The lowest BCUT2D eigenvalue weighted by molar-refractivity contribution is -0.143. The third-order valence-electron chi connectivity index (χ3n) is 2.89. The van der Waals surface area contributed by atoms with E-state index < -0.39 is 12.0 Å². The number of para-hydroxylation sites is 1. The summed E-state index contributed by atoms with van der Waals surface area (Å²) in [4.78, 5) is 21.2. The largest absolute Gasteiger partial charge is 0.495 e. The highest BCUT2D eigenvalue weighted by Crippen LogP contribution is 2.21. The summed E-state index contributed by atoms with van der Waals surface area (Å²) < 4.78 is 4.91. The molecule has 0 heterocycles. The van der Waals surface area contributed by atoms with Gasteiger partial charge in [0.05, 0.1) is 12.1 Å². The Bertz CT molecular complexity index is 465. The molecule has 0 saturated heterocycles. The smallest absolute Gasteiger partial charge is 0.326 e. The van der Waals surface area contributed by atoms with Crippen molar-refractivity contribution in [2.24, 2.45) is 5.92 Å². The number of amides is 1. The predicted molar refractivity (Wildman–Crippen MR) is 82.7 cm³/mol. The van der Waals surface area contributed by atoms with Crippen molar-refractivity contribution in [2.45, 2.75) is 33.2 Å². The zero-order valence-electron chi connectivity index (χ0n) is 12.7. The van der Waals surface area contributed by atoms with Gasteiger partial charge in [0.15, 0.2) is 0 Å². The minimum atomic E-state index is -0.973. The van der Waals surface area contributed by atoms with Gasteiger partial charge < -0.3 is 15.2 Å². The first-order valence-corrected chi connectivity index (χ1v) is 6.99. The minimum Gasteiger partial charge on any atom is -0.495 e. The maximum absolute atomic E-state index is 10.6. The molecule has 5 nitrogen and oxygen atoms in total. The van der Waals surface area contributed by atoms with E-state index in [0.29, 0.717) is 5.02 Å². The molecule has 0 bridgehead atoms. The van der Waals surface area contributed by atoms with E-state index >= 15 is 0 Å². The third kappa shape index (κ3) is 7.56. The number of halogens is 1. The molecule has 2 atom stereocenters. The Morgan fingerprint density at radius 3 is 2.29 bits per heavy atom. The molecule has 0 saturated carbocycles. The molecule has 0 fully saturated rings. The van der Waals surface area contributed by atoms with Crippen LogP contribution < -0.4 is 10.1 Å². The Hall–Kier alpha value is -1.75. The second kappa shape index (κ2) is 10.0. The molecular weight excluding hydrogens is 294 g/mol. The van der Waals surface area contributed by atoms with Crippen molar-refractivity contribution in [3.63, 3.8) is 0 Å². The lowest BCUT2D eigenvalue weighted by atomic mass is 9.99. The number of ether oxygens (including phenoxy) is 1. The van der Waals surface area contributed by atoms with Gasteiger partial charge in [-0.15, -0.1) is 0 Å². The van der Waals surface area contributed by atoms with E-state index in [0.717, 1.165) is 12.2 Å². The fourth-order valence-corrected chi connectivity index (χ4v) is 1.73. The maximum atomic E-state index is 10.6. The number of aliphatic carboxylic acids is 1. The lowest BCUT2D eigenvalue weighted by Crippen LogP contribution is -2.43. The summed E-state index contributed by atoms with van der Waals surface area (Å²) in [5.74, 6) is -0.590. The zero-order chi connectivity index (χ0) is 16.4. The van der Waals surface area contributed by atoms with Crippen LogP contribution in [-0.2, 0) is 9.59 Å². The quantitative estimate of drug-likeness (QED) is 0.876. The highest BCUT2D eigenvalue weighted by atomic mass is 35.5. The second-order valence-corrected chi connectivity index (χ2v) is 4.94. The van der Waals surface area contributed by atoms with Crippen molar-refractivity contribution in [3.8, 4) is 5.75 Å². The van der Waals surface area contributed by atoms with Gasteiger partial charge >= 0.3 is 5.97 Å². The van der Waals surface area contributed by atoms with Gasteiger partial charge in [-0.25, -0.2) is 4.79 Å². The van der Waals surface area contributed by atoms with Crippen molar-refractivity contribution in [2.75, 3.05) is 7.11 Å². The van der Waals surface area contributed by atoms with Gasteiger partial charge in [-0.1, -0.05) is 44.0 Å². The van der Waals surface area contributed by atoms with Gasteiger partial charge in [0.1, 0.15) is 11.8 Å². The first kappa shape index (κ1) is 19.2. The molecular formula is C15H22ClNO4. The highest BCUT2D eigenvalue weighted by molar-refractivity contribution is 6.32. The van der Waals surface area contributed by atoms with Crippen LogP contribution in [0.4, 0.5) is 0 Å². The summed E-state index contributed by atoms with van der Waals surface area (Å²) in [5, 5.41) is 11.8. The van der Waals surface area contributed by atoms with Crippen molar-refractivity contribution < 1.29 is 19.4 Å². The van der Waals surface area contributed by atoms with Gasteiger partial charge in [0, 0.05) is 6.92 Å². The molecule has 0 aliphatic rings. The van der Waals surface area contributed by atoms with E-state index in [1.807, 2.05) is 25.1 Å². The van der Waals surface area contributed by atoms with Crippen LogP contribution in [0.2, 0.25) is 5.02 Å². The second-order valence-electron chi connectivity index (χ2n) is 4.54. The molecule has 1 aromatic rings. The van der Waals surface area contributed by atoms with Crippen LogP contribution in [0.5, 0.6) is 5.75 Å². The van der Waals surface area contributed by atoms with E-state index in [4.69, 9.17) is 21.4 Å². The summed E-state index contributed by atoms with van der Waals surface area (Å²) in [5.41, 5.74) is 0. The Labute approximate surface area is 130 Å². The van der Waals surface area contributed by atoms with Gasteiger partial charge in [-0.3, -0.25) is 4.79 Å². The Morgan fingerprint density at radius 1 is 1.38 bits per heavy atom. The number of carbonyl (C=O) groups is 2. The fourth-order valence-electron chi connectivity index (χ4n) is 1.51. The number of rotatable bonds is 5. The predicted octanol–water partition coefficient (Wildman–Crippen LogP) is 2.97. The molecule has 0 aliphatic carbocycles.